The fourth-order valence-corrected chi connectivity index (χ4v) is 1.85. The van der Waals surface area contributed by atoms with Crippen LogP contribution in [0.4, 0.5) is 0 Å². The lowest BCUT2D eigenvalue weighted by molar-refractivity contribution is 0.0702. The van der Waals surface area contributed by atoms with Gasteiger partial charge in [0, 0.05) is 6.20 Å². The molecule has 0 aliphatic carbocycles. The van der Waals surface area contributed by atoms with E-state index in [4.69, 9.17) is 5.11 Å². The van der Waals surface area contributed by atoms with Gasteiger partial charge in [-0.3, -0.25) is 9.78 Å². The quantitative estimate of drug-likeness (QED) is 0.799. The Morgan fingerprint density at radius 1 is 1.47 bits per heavy atom. The number of hydrogen-bond donors (Lipinski definition) is 2. The van der Waals surface area contributed by atoms with Crippen LogP contribution in [0, 0.1) is 0 Å². The van der Waals surface area contributed by atoms with E-state index >= 15 is 0 Å². The maximum Gasteiger partial charge on any atom is 0.348 e. The van der Waals surface area contributed by atoms with Gasteiger partial charge in [0.1, 0.15) is 4.88 Å². The third-order valence-electron chi connectivity index (χ3n) is 1.76. The number of nitrogens with one attached hydrogen (secondary N) is 1. The molecule has 0 aliphatic rings. The number of nitrogens with zero attached hydrogens (tertiary/aromatic N) is 1. The highest BCUT2D eigenvalue weighted by Crippen LogP contribution is 2.20. The normalized spacial score (nSPS) is 10.1. The zero-order valence-electron chi connectivity index (χ0n) is 7.43. The van der Waals surface area contributed by atoms with Gasteiger partial charge in [-0.05, 0) is 12.1 Å². The maximum absolute atomic E-state index is 11.1. The number of pyridine rings is 1. The Morgan fingerprint density at radius 3 is 2.87 bits per heavy atom. The first-order valence-electron chi connectivity index (χ1n) is 4.06. The molecule has 0 spiro atoms. The number of thiazole rings is 1. The highest BCUT2D eigenvalue weighted by Gasteiger charge is 2.16. The van der Waals surface area contributed by atoms with Crippen molar-refractivity contribution in [2.75, 3.05) is 0 Å². The number of aromatic amines is 1. The number of aromatic carboxylic acids is 1. The van der Waals surface area contributed by atoms with Crippen LogP contribution in [0.3, 0.4) is 0 Å². The van der Waals surface area contributed by atoms with Crippen LogP contribution < -0.4 is 4.87 Å². The third-order valence-corrected chi connectivity index (χ3v) is 2.63. The van der Waals surface area contributed by atoms with E-state index in [0.717, 1.165) is 0 Å². The van der Waals surface area contributed by atoms with Gasteiger partial charge in [-0.25, -0.2) is 4.79 Å². The Hall–Kier alpha value is -1.95. The van der Waals surface area contributed by atoms with Crippen LogP contribution >= 0.6 is 11.3 Å². The number of carbonyl (C=O) groups is 1. The van der Waals surface area contributed by atoms with Crippen LogP contribution in [0.5, 0.6) is 0 Å². The predicted octanol–water partition coefficient (Wildman–Crippen LogP) is 1.20. The highest BCUT2D eigenvalue weighted by molar-refractivity contribution is 7.11. The van der Waals surface area contributed by atoms with Crippen molar-refractivity contribution in [3.63, 3.8) is 0 Å². The minimum atomic E-state index is -1.13. The van der Waals surface area contributed by atoms with Gasteiger partial charge in [-0.1, -0.05) is 17.4 Å². The third kappa shape index (κ3) is 1.79. The van der Waals surface area contributed by atoms with Crippen LogP contribution in [-0.2, 0) is 0 Å². The summed E-state index contributed by atoms with van der Waals surface area (Å²) in [6.07, 6.45) is 1.54. The van der Waals surface area contributed by atoms with E-state index in [1.807, 2.05) is 0 Å². The van der Waals surface area contributed by atoms with E-state index in [-0.39, 0.29) is 10.6 Å². The number of aromatic nitrogens is 2. The van der Waals surface area contributed by atoms with Crippen molar-refractivity contribution < 1.29 is 9.90 Å². The zero-order chi connectivity index (χ0) is 10.8. The summed E-state index contributed by atoms with van der Waals surface area (Å²) in [6, 6.07) is 5.09. The topological polar surface area (TPSA) is 83.0 Å². The summed E-state index contributed by atoms with van der Waals surface area (Å²) in [5, 5.41) is 8.86. The fraction of sp³-hybridized carbons (Fsp3) is 0. The SMILES string of the molecule is O=C(O)c1sc(=O)[nH]c1-c1ccccn1. The standard InChI is InChI=1S/C9H6N2O3S/c12-8(13)7-6(11-9(14)15-7)5-3-1-2-4-10-5/h1-4H,(H,11,14)(H,12,13). The van der Waals surface area contributed by atoms with Crippen molar-refractivity contribution in [1.82, 2.24) is 9.97 Å². The van der Waals surface area contributed by atoms with Crippen molar-refractivity contribution in [3.8, 4) is 11.4 Å². The largest absolute Gasteiger partial charge is 0.477 e. The Kier molecular flexibility index (Phi) is 2.34. The lowest BCUT2D eigenvalue weighted by atomic mass is 10.2. The van der Waals surface area contributed by atoms with Gasteiger partial charge < -0.3 is 10.1 Å². The van der Waals surface area contributed by atoms with E-state index in [1.54, 1.807) is 18.2 Å². The average molecular weight is 222 g/mol. The first kappa shape index (κ1) is 9.60. The molecule has 0 aromatic carbocycles. The summed E-state index contributed by atoms with van der Waals surface area (Å²) in [5.41, 5.74) is 0.714. The molecule has 2 rings (SSSR count). The molecule has 0 amide bonds. The van der Waals surface area contributed by atoms with Crippen LogP contribution in [0.1, 0.15) is 9.67 Å². The average Bonchev–Trinajstić information content (AvgIpc) is 2.62. The van der Waals surface area contributed by atoms with E-state index in [9.17, 15) is 9.59 Å². The zero-order valence-corrected chi connectivity index (χ0v) is 8.25. The van der Waals surface area contributed by atoms with Crippen molar-refractivity contribution >= 4 is 17.3 Å². The lowest BCUT2D eigenvalue weighted by Gasteiger charge is -1.96. The summed E-state index contributed by atoms with van der Waals surface area (Å²) >= 11 is 0.667. The lowest BCUT2D eigenvalue weighted by Crippen LogP contribution is -1.96. The van der Waals surface area contributed by atoms with Gasteiger partial charge in [0.05, 0.1) is 11.4 Å². The van der Waals surface area contributed by atoms with Crippen LogP contribution in [-0.4, -0.2) is 21.0 Å². The molecule has 15 heavy (non-hydrogen) atoms. The molecule has 5 nitrogen and oxygen atoms in total. The van der Waals surface area contributed by atoms with Gasteiger partial charge in [0.15, 0.2) is 0 Å². The number of H-pyrrole nitrogens is 1. The van der Waals surface area contributed by atoms with Gasteiger partial charge in [-0.15, -0.1) is 0 Å². The minimum Gasteiger partial charge on any atom is -0.477 e. The van der Waals surface area contributed by atoms with E-state index in [0.29, 0.717) is 17.0 Å². The monoisotopic (exact) mass is 222 g/mol. The molecule has 2 N–H and O–H groups in total. The minimum absolute atomic E-state index is 0.0151. The number of rotatable bonds is 2. The van der Waals surface area contributed by atoms with Crippen molar-refractivity contribution in [2.24, 2.45) is 0 Å². The maximum atomic E-state index is 11.1. The number of carboxylic acid groups (broad SMARTS) is 1. The Balaban J connectivity index is 2.63. The molecule has 0 fully saturated rings. The molecule has 6 heteroatoms. The number of carboxylic acids is 1. The Bertz CT molecular complexity index is 544. The molecule has 0 saturated carbocycles. The smallest absolute Gasteiger partial charge is 0.348 e. The molecule has 0 bridgehead atoms. The van der Waals surface area contributed by atoms with Gasteiger partial charge in [-0.2, -0.15) is 0 Å². The summed E-state index contributed by atoms with van der Waals surface area (Å²) < 4.78 is 0. The molecule has 0 saturated heterocycles. The van der Waals surface area contributed by atoms with Crippen LogP contribution in [0.15, 0.2) is 29.2 Å². The molecular weight excluding hydrogens is 216 g/mol. The highest BCUT2D eigenvalue weighted by atomic mass is 32.1. The van der Waals surface area contributed by atoms with Crippen LogP contribution in [0.2, 0.25) is 0 Å². The van der Waals surface area contributed by atoms with Gasteiger partial charge in [0.2, 0.25) is 0 Å². The Labute approximate surface area is 88.1 Å². The molecule has 0 atom stereocenters. The van der Waals surface area contributed by atoms with Crippen LogP contribution in [0.25, 0.3) is 11.4 Å². The van der Waals surface area contributed by atoms with Crippen molar-refractivity contribution in [1.29, 1.82) is 0 Å². The predicted molar refractivity (Wildman–Crippen MR) is 55.1 cm³/mol. The first-order valence-corrected chi connectivity index (χ1v) is 4.88. The summed E-state index contributed by atoms with van der Waals surface area (Å²) in [6.45, 7) is 0. The van der Waals surface area contributed by atoms with Crippen molar-refractivity contribution in [2.45, 2.75) is 0 Å². The summed E-state index contributed by atoms with van der Waals surface area (Å²) in [4.78, 5) is 27.9. The molecule has 0 aliphatic heterocycles. The number of hydrogen-bond acceptors (Lipinski definition) is 4. The molecule has 0 unspecified atom stereocenters. The second-order valence-electron chi connectivity index (χ2n) is 2.74. The van der Waals surface area contributed by atoms with Gasteiger partial charge >= 0.3 is 10.8 Å². The molecular formula is C9H6N2O3S. The molecule has 2 aromatic heterocycles. The second-order valence-corrected chi connectivity index (χ2v) is 3.72. The molecule has 2 aromatic rings. The fourth-order valence-electron chi connectivity index (χ4n) is 1.17. The van der Waals surface area contributed by atoms with Crippen molar-refractivity contribution in [3.05, 3.63) is 38.9 Å². The summed E-state index contributed by atoms with van der Waals surface area (Å²) in [7, 11) is 0. The molecule has 2 heterocycles. The van der Waals surface area contributed by atoms with Gasteiger partial charge in [0.25, 0.3) is 0 Å². The van der Waals surface area contributed by atoms with E-state index in [2.05, 4.69) is 9.97 Å². The molecule has 0 radical (unpaired) electrons. The molecule has 76 valence electrons. The second kappa shape index (κ2) is 3.66. The van der Waals surface area contributed by atoms with E-state index in [1.165, 1.54) is 6.20 Å². The summed E-state index contributed by atoms with van der Waals surface area (Å²) in [5.74, 6) is -1.13. The Morgan fingerprint density at radius 2 is 2.27 bits per heavy atom. The first-order chi connectivity index (χ1) is 7.18. The van der Waals surface area contributed by atoms with E-state index < -0.39 is 10.8 Å².